The van der Waals surface area contributed by atoms with Crippen LogP contribution in [0.3, 0.4) is 0 Å². The molecule has 0 saturated carbocycles. The lowest BCUT2D eigenvalue weighted by Crippen LogP contribution is -2.12. The average molecular weight is 429 g/mol. The fourth-order valence-corrected chi connectivity index (χ4v) is 3.54. The Hall–Kier alpha value is -4.00. The second-order valence-corrected chi connectivity index (χ2v) is 7.85. The molecule has 0 aliphatic rings. The van der Waals surface area contributed by atoms with E-state index in [0.29, 0.717) is 34.2 Å². The number of hydrogen-bond donors (Lipinski definition) is 1. The van der Waals surface area contributed by atoms with Crippen molar-refractivity contribution < 1.29 is 14.1 Å². The Morgan fingerprint density at radius 1 is 1.16 bits per heavy atom. The highest BCUT2D eigenvalue weighted by Crippen LogP contribution is 2.29. The molecule has 1 atom stereocenters. The van der Waals surface area contributed by atoms with Crippen molar-refractivity contribution >= 4 is 28.4 Å². The summed E-state index contributed by atoms with van der Waals surface area (Å²) in [5, 5.41) is 13.8. The fraction of sp³-hybridized carbons (Fsp3) is 0.200. The fourth-order valence-electron chi connectivity index (χ4n) is 3.54. The number of oxazole rings is 1. The highest BCUT2D eigenvalue weighted by Gasteiger charge is 2.15. The molecule has 0 spiro atoms. The molecule has 1 heterocycles. The first-order chi connectivity index (χ1) is 15.4. The summed E-state index contributed by atoms with van der Waals surface area (Å²) in [7, 11) is 0. The molecule has 0 aliphatic heterocycles. The third-order valence-corrected chi connectivity index (χ3v) is 5.62. The van der Waals surface area contributed by atoms with E-state index in [9.17, 15) is 14.9 Å². The van der Waals surface area contributed by atoms with Gasteiger partial charge in [0.1, 0.15) is 5.52 Å². The summed E-state index contributed by atoms with van der Waals surface area (Å²) in [6.45, 7) is 5.94. The number of aryl methyl sites for hydroxylation is 1. The van der Waals surface area contributed by atoms with Crippen LogP contribution in [0.4, 0.5) is 11.4 Å². The van der Waals surface area contributed by atoms with Crippen molar-refractivity contribution in [1.29, 1.82) is 0 Å². The lowest BCUT2D eigenvalue weighted by atomic mass is 9.98. The maximum atomic E-state index is 12.6. The first-order valence-corrected chi connectivity index (χ1v) is 10.4. The quantitative estimate of drug-likeness (QED) is 0.279. The van der Waals surface area contributed by atoms with Gasteiger partial charge < -0.3 is 9.73 Å². The number of nitro groups is 1. The number of nitro benzene ring substituents is 1. The van der Waals surface area contributed by atoms with Crippen LogP contribution in [-0.4, -0.2) is 15.8 Å². The monoisotopic (exact) mass is 429 g/mol. The van der Waals surface area contributed by atoms with E-state index in [1.54, 1.807) is 19.1 Å². The summed E-state index contributed by atoms with van der Waals surface area (Å²) in [6.07, 6.45) is 1.05. The van der Waals surface area contributed by atoms with Crippen molar-refractivity contribution in [1.82, 2.24) is 4.98 Å². The van der Waals surface area contributed by atoms with E-state index in [1.165, 1.54) is 23.8 Å². The molecular formula is C25H23N3O4. The van der Waals surface area contributed by atoms with E-state index in [0.717, 1.165) is 17.5 Å². The predicted molar refractivity (Wildman–Crippen MR) is 124 cm³/mol. The molecule has 0 radical (unpaired) electrons. The van der Waals surface area contributed by atoms with Crippen molar-refractivity contribution in [3.63, 3.8) is 0 Å². The van der Waals surface area contributed by atoms with E-state index in [-0.39, 0.29) is 11.6 Å². The number of benzene rings is 3. The van der Waals surface area contributed by atoms with Crippen molar-refractivity contribution in [2.75, 3.05) is 5.32 Å². The number of hydrogen-bond acceptors (Lipinski definition) is 5. The van der Waals surface area contributed by atoms with Gasteiger partial charge in [-0.05, 0) is 67.3 Å². The van der Waals surface area contributed by atoms with E-state index in [4.69, 9.17) is 4.42 Å². The summed E-state index contributed by atoms with van der Waals surface area (Å²) in [5.74, 6) is 0.570. The smallest absolute Gasteiger partial charge is 0.272 e. The van der Waals surface area contributed by atoms with E-state index in [2.05, 4.69) is 36.3 Å². The standard InChI is InChI=1S/C25H23N3O4/c1-4-15(2)17-9-11-23-21(14-17)27-25(32-23)19-6-5-7-20(13-19)26-24(29)18-8-10-22(28(30)31)16(3)12-18/h5-15H,4H2,1-3H3,(H,26,29)/t15-/m0/s1. The molecule has 4 rings (SSSR count). The summed E-state index contributed by atoms with van der Waals surface area (Å²) in [5.41, 5.74) is 4.80. The first kappa shape index (κ1) is 21.2. The Kier molecular flexibility index (Phi) is 5.73. The third kappa shape index (κ3) is 4.23. The van der Waals surface area contributed by atoms with Crippen molar-refractivity contribution in [3.8, 4) is 11.5 Å². The van der Waals surface area contributed by atoms with Gasteiger partial charge >= 0.3 is 0 Å². The molecule has 162 valence electrons. The van der Waals surface area contributed by atoms with Crippen LogP contribution in [0, 0.1) is 17.0 Å². The third-order valence-electron chi connectivity index (χ3n) is 5.62. The van der Waals surface area contributed by atoms with Gasteiger partial charge in [0.15, 0.2) is 5.58 Å². The van der Waals surface area contributed by atoms with Crippen LogP contribution in [0.15, 0.2) is 65.1 Å². The molecule has 1 N–H and O–H groups in total. The molecule has 7 nitrogen and oxygen atoms in total. The topological polar surface area (TPSA) is 98.3 Å². The number of nitrogens with zero attached hydrogens (tertiary/aromatic N) is 2. The van der Waals surface area contributed by atoms with Gasteiger partial charge in [-0.1, -0.05) is 26.0 Å². The largest absolute Gasteiger partial charge is 0.436 e. The Labute approximate surface area is 185 Å². The van der Waals surface area contributed by atoms with Crippen LogP contribution in [0.2, 0.25) is 0 Å². The molecule has 3 aromatic carbocycles. The molecule has 0 bridgehead atoms. The zero-order chi connectivity index (χ0) is 22.8. The molecule has 7 heteroatoms. The van der Waals surface area contributed by atoms with E-state index >= 15 is 0 Å². The number of nitrogens with one attached hydrogen (secondary N) is 1. The zero-order valence-corrected chi connectivity index (χ0v) is 18.1. The molecule has 0 unspecified atom stereocenters. The summed E-state index contributed by atoms with van der Waals surface area (Å²) in [6, 6.07) is 17.6. The van der Waals surface area contributed by atoms with Gasteiger partial charge in [-0.2, -0.15) is 0 Å². The molecule has 4 aromatic rings. The van der Waals surface area contributed by atoms with Crippen molar-refractivity contribution in [2.24, 2.45) is 0 Å². The summed E-state index contributed by atoms with van der Waals surface area (Å²) >= 11 is 0. The maximum Gasteiger partial charge on any atom is 0.272 e. The molecule has 1 amide bonds. The highest BCUT2D eigenvalue weighted by molar-refractivity contribution is 6.04. The zero-order valence-electron chi connectivity index (χ0n) is 18.1. The molecule has 0 fully saturated rings. The van der Waals surface area contributed by atoms with E-state index in [1.807, 2.05) is 18.2 Å². The van der Waals surface area contributed by atoms with E-state index < -0.39 is 4.92 Å². The Morgan fingerprint density at radius 2 is 1.97 bits per heavy atom. The second-order valence-electron chi connectivity index (χ2n) is 7.85. The minimum atomic E-state index is -0.466. The Balaban J connectivity index is 1.58. The molecule has 1 aromatic heterocycles. The van der Waals surface area contributed by atoms with Gasteiger partial charge in [0.2, 0.25) is 5.89 Å². The lowest BCUT2D eigenvalue weighted by Gasteiger charge is -2.07. The van der Waals surface area contributed by atoms with Gasteiger partial charge in [-0.25, -0.2) is 4.98 Å². The minimum Gasteiger partial charge on any atom is -0.436 e. The number of carbonyl (C=O) groups is 1. The van der Waals surface area contributed by atoms with Gasteiger partial charge in [0.25, 0.3) is 11.6 Å². The molecule has 32 heavy (non-hydrogen) atoms. The Bertz CT molecular complexity index is 1330. The van der Waals surface area contributed by atoms with Gasteiger partial charge in [0.05, 0.1) is 4.92 Å². The Morgan fingerprint density at radius 3 is 2.69 bits per heavy atom. The number of anilines is 1. The van der Waals surface area contributed by atoms with Crippen LogP contribution in [0.25, 0.3) is 22.6 Å². The number of fused-ring (bicyclic) bond motifs is 1. The van der Waals surface area contributed by atoms with Crippen LogP contribution in [-0.2, 0) is 0 Å². The molecule has 0 aliphatic carbocycles. The molecule has 0 saturated heterocycles. The summed E-state index contributed by atoms with van der Waals surface area (Å²) in [4.78, 5) is 27.8. The van der Waals surface area contributed by atoms with Gasteiger partial charge in [-0.15, -0.1) is 0 Å². The van der Waals surface area contributed by atoms with Crippen LogP contribution in [0.1, 0.15) is 47.7 Å². The summed E-state index contributed by atoms with van der Waals surface area (Å²) < 4.78 is 5.93. The SMILES string of the molecule is CC[C@H](C)c1ccc2oc(-c3cccc(NC(=O)c4ccc([N+](=O)[O-])c(C)c4)c3)nc2c1. The van der Waals surface area contributed by atoms with Crippen LogP contribution in [0.5, 0.6) is 0 Å². The number of carbonyl (C=O) groups excluding carboxylic acids is 1. The normalized spacial score (nSPS) is 12.0. The number of rotatable bonds is 6. The van der Waals surface area contributed by atoms with Crippen LogP contribution >= 0.6 is 0 Å². The van der Waals surface area contributed by atoms with Gasteiger partial charge in [0, 0.05) is 28.4 Å². The second kappa shape index (κ2) is 8.63. The lowest BCUT2D eigenvalue weighted by molar-refractivity contribution is -0.385. The van der Waals surface area contributed by atoms with Crippen molar-refractivity contribution in [3.05, 3.63) is 87.5 Å². The average Bonchev–Trinajstić information content (AvgIpc) is 3.22. The van der Waals surface area contributed by atoms with Gasteiger partial charge in [-0.3, -0.25) is 14.9 Å². The van der Waals surface area contributed by atoms with Crippen molar-refractivity contribution in [2.45, 2.75) is 33.1 Å². The molecular weight excluding hydrogens is 406 g/mol. The maximum absolute atomic E-state index is 12.6. The predicted octanol–water partition coefficient (Wildman–Crippen LogP) is 6.48. The minimum absolute atomic E-state index is 0.0176. The number of amides is 1. The van der Waals surface area contributed by atoms with Crippen LogP contribution < -0.4 is 5.32 Å². The first-order valence-electron chi connectivity index (χ1n) is 10.4. The number of aromatic nitrogens is 1. The highest BCUT2D eigenvalue weighted by atomic mass is 16.6.